The Kier molecular flexibility index (Phi) is 4.50. The molecule has 0 saturated carbocycles. The molecule has 1 aromatic rings. The van der Waals surface area contributed by atoms with Gasteiger partial charge < -0.3 is 0 Å². The molecule has 0 saturated heterocycles. The van der Waals surface area contributed by atoms with Crippen LogP contribution < -0.4 is 5.32 Å². The first-order chi connectivity index (χ1) is 6.77. The molecule has 3 nitrogen and oxygen atoms in total. The van der Waals surface area contributed by atoms with Crippen LogP contribution in [-0.2, 0) is 0 Å². The summed E-state index contributed by atoms with van der Waals surface area (Å²) < 4.78 is 0. The summed E-state index contributed by atoms with van der Waals surface area (Å²) in [4.78, 5) is 5.59. The molecule has 0 aliphatic rings. The second kappa shape index (κ2) is 5.68. The van der Waals surface area contributed by atoms with Gasteiger partial charge in [-0.05, 0) is 24.6 Å². The minimum absolute atomic E-state index is 0.110. The van der Waals surface area contributed by atoms with E-state index in [0.717, 1.165) is 0 Å². The maximum atomic E-state index is 8.46. The van der Waals surface area contributed by atoms with Crippen molar-refractivity contribution in [3.8, 4) is 6.19 Å². The number of nitrogens with one attached hydrogen (secondary N) is 1. The summed E-state index contributed by atoms with van der Waals surface area (Å²) in [5, 5.41) is 13.7. The minimum atomic E-state index is 0.110. The van der Waals surface area contributed by atoms with Crippen LogP contribution in [0.2, 0.25) is 0 Å². The molecule has 0 aliphatic carbocycles. The summed E-state index contributed by atoms with van der Waals surface area (Å²) in [6.45, 7) is 2.01. The van der Waals surface area contributed by atoms with Gasteiger partial charge in [-0.3, -0.25) is 10.3 Å². The summed E-state index contributed by atoms with van der Waals surface area (Å²) in [5.41, 5.74) is 0. The lowest BCUT2D eigenvalue weighted by Crippen LogP contribution is -2.14. The molecule has 74 valence electrons. The second-order valence-electron chi connectivity index (χ2n) is 2.57. The normalized spacial score (nSPS) is 13.4. The minimum Gasteiger partial charge on any atom is -0.272 e. The predicted octanol–water partition coefficient (Wildman–Crippen LogP) is 2.60. The van der Waals surface area contributed by atoms with Crippen LogP contribution in [-0.4, -0.2) is 11.4 Å². The molecular formula is C9H11N3S2. The zero-order valence-corrected chi connectivity index (χ0v) is 9.65. The Hall–Kier alpha value is -0.990. The first-order valence-electron chi connectivity index (χ1n) is 4.08. The highest BCUT2D eigenvalue weighted by molar-refractivity contribution is 8.13. The van der Waals surface area contributed by atoms with Crippen LogP contribution in [0, 0.1) is 11.5 Å². The third-order valence-corrected chi connectivity index (χ3v) is 3.26. The number of thiophene rings is 1. The molecule has 1 N–H and O–H groups in total. The van der Waals surface area contributed by atoms with E-state index in [4.69, 9.17) is 5.26 Å². The third kappa shape index (κ3) is 3.05. The molecule has 1 heterocycles. The van der Waals surface area contributed by atoms with Crippen LogP contribution in [0.3, 0.4) is 0 Å². The molecule has 1 rings (SSSR count). The first kappa shape index (κ1) is 11.1. The Morgan fingerprint density at radius 2 is 2.57 bits per heavy atom. The number of hydrogen-bond acceptors (Lipinski definition) is 4. The highest BCUT2D eigenvalue weighted by Gasteiger charge is 2.05. The number of aliphatic imine (C=N–C) groups is 1. The fourth-order valence-corrected chi connectivity index (χ4v) is 2.08. The van der Waals surface area contributed by atoms with Gasteiger partial charge in [0.25, 0.3) is 0 Å². The van der Waals surface area contributed by atoms with E-state index in [2.05, 4.69) is 10.3 Å². The highest BCUT2D eigenvalue weighted by atomic mass is 32.2. The summed E-state index contributed by atoms with van der Waals surface area (Å²) in [7, 11) is 0. The molecule has 14 heavy (non-hydrogen) atoms. The van der Waals surface area contributed by atoms with Gasteiger partial charge in [-0.25, -0.2) is 0 Å². The first-order valence-corrected chi connectivity index (χ1v) is 6.18. The lowest BCUT2D eigenvalue weighted by Gasteiger charge is -2.05. The fraction of sp³-hybridized carbons (Fsp3) is 0.333. The number of hydrogen-bond donors (Lipinski definition) is 1. The Balaban J connectivity index is 2.71. The third-order valence-electron chi connectivity index (χ3n) is 1.62. The Bertz CT molecular complexity index is 337. The van der Waals surface area contributed by atoms with Gasteiger partial charge in [0.15, 0.2) is 11.4 Å². The molecule has 5 heteroatoms. The molecule has 0 aromatic carbocycles. The predicted molar refractivity (Wildman–Crippen MR) is 62.4 cm³/mol. The lowest BCUT2D eigenvalue weighted by atomic mass is 10.3. The van der Waals surface area contributed by atoms with Crippen molar-refractivity contribution in [3.63, 3.8) is 0 Å². The van der Waals surface area contributed by atoms with Crippen molar-refractivity contribution in [1.29, 1.82) is 5.26 Å². The van der Waals surface area contributed by atoms with Crippen LogP contribution in [0.25, 0.3) is 0 Å². The van der Waals surface area contributed by atoms with E-state index in [0.29, 0.717) is 5.17 Å². The van der Waals surface area contributed by atoms with E-state index in [9.17, 15) is 0 Å². The smallest absolute Gasteiger partial charge is 0.183 e. The second-order valence-corrected chi connectivity index (χ2v) is 4.34. The van der Waals surface area contributed by atoms with Crippen molar-refractivity contribution in [2.75, 3.05) is 6.26 Å². The van der Waals surface area contributed by atoms with Gasteiger partial charge in [-0.2, -0.15) is 5.26 Å². The van der Waals surface area contributed by atoms with Crippen molar-refractivity contribution < 1.29 is 0 Å². The molecule has 1 atom stereocenters. The molecule has 0 spiro atoms. The van der Waals surface area contributed by atoms with E-state index >= 15 is 0 Å². The quantitative estimate of drug-likeness (QED) is 0.364. The molecule has 0 radical (unpaired) electrons. The van der Waals surface area contributed by atoms with Gasteiger partial charge in [0.1, 0.15) is 0 Å². The van der Waals surface area contributed by atoms with E-state index in [1.807, 2.05) is 36.9 Å². The Morgan fingerprint density at radius 1 is 1.79 bits per heavy atom. The van der Waals surface area contributed by atoms with Crippen molar-refractivity contribution in [1.82, 2.24) is 5.32 Å². The van der Waals surface area contributed by atoms with E-state index in [1.54, 1.807) is 11.3 Å². The van der Waals surface area contributed by atoms with E-state index in [-0.39, 0.29) is 6.04 Å². The average Bonchev–Trinajstić information content (AvgIpc) is 2.69. The molecule has 1 unspecified atom stereocenters. The van der Waals surface area contributed by atoms with Gasteiger partial charge in [0.05, 0.1) is 6.04 Å². The van der Waals surface area contributed by atoms with Gasteiger partial charge in [0.2, 0.25) is 0 Å². The van der Waals surface area contributed by atoms with Crippen molar-refractivity contribution in [2.24, 2.45) is 4.99 Å². The van der Waals surface area contributed by atoms with Crippen LogP contribution in [0.4, 0.5) is 0 Å². The van der Waals surface area contributed by atoms with Crippen molar-refractivity contribution in [2.45, 2.75) is 13.0 Å². The van der Waals surface area contributed by atoms with E-state index < -0.39 is 0 Å². The molecule has 1 aromatic heterocycles. The summed E-state index contributed by atoms with van der Waals surface area (Å²) >= 11 is 3.12. The summed E-state index contributed by atoms with van der Waals surface area (Å²) in [6, 6.07) is 4.16. The fourth-order valence-electron chi connectivity index (χ4n) is 0.952. The van der Waals surface area contributed by atoms with Crippen LogP contribution >= 0.6 is 23.1 Å². The van der Waals surface area contributed by atoms with Crippen LogP contribution in [0.15, 0.2) is 22.5 Å². The maximum absolute atomic E-state index is 8.46. The molecule has 0 bridgehead atoms. The molecular weight excluding hydrogens is 214 g/mol. The maximum Gasteiger partial charge on any atom is 0.183 e. The zero-order chi connectivity index (χ0) is 10.4. The number of nitriles is 1. The van der Waals surface area contributed by atoms with Gasteiger partial charge in [-0.1, -0.05) is 17.8 Å². The number of rotatable bonds is 2. The molecule has 0 fully saturated rings. The molecule has 0 amide bonds. The topological polar surface area (TPSA) is 48.2 Å². The van der Waals surface area contributed by atoms with Crippen molar-refractivity contribution in [3.05, 3.63) is 22.4 Å². The van der Waals surface area contributed by atoms with Gasteiger partial charge in [-0.15, -0.1) is 11.3 Å². The number of thioether (sulfide) groups is 1. The van der Waals surface area contributed by atoms with Gasteiger partial charge in [0, 0.05) is 4.88 Å². The standard InChI is InChI=1S/C9H11N3S2/c1-7(8-4-3-5-14-8)12-9(13-2)11-6-10/h3-5,7H,1-2H3,(H,11,12). The zero-order valence-electron chi connectivity index (χ0n) is 8.02. The average molecular weight is 225 g/mol. The number of nitrogens with zero attached hydrogens (tertiary/aromatic N) is 2. The van der Waals surface area contributed by atoms with Crippen LogP contribution in [0.5, 0.6) is 0 Å². The number of amidine groups is 1. The van der Waals surface area contributed by atoms with Gasteiger partial charge >= 0.3 is 0 Å². The summed E-state index contributed by atoms with van der Waals surface area (Å²) in [5.74, 6) is 0. The highest BCUT2D eigenvalue weighted by Crippen LogP contribution is 2.22. The monoisotopic (exact) mass is 225 g/mol. The Morgan fingerprint density at radius 3 is 3.07 bits per heavy atom. The Labute approximate surface area is 91.9 Å². The summed E-state index contributed by atoms with van der Waals surface area (Å²) in [6.07, 6.45) is 3.76. The van der Waals surface area contributed by atoms with Crippen LogP contribution in [0.1, 0.15) is 17.8 Å². The SMILES string of the molecule is CSC(=NC(C)c1cccs1)NC#N. The largest absolute Gasteiger partial charge is 0.272 e. The van der Waals surface area contributed by atoms with Crippen molar-refractivity contribution >= 4 is 28.3 Å². The van der Waals surface area contributed by atoms with E-state index in [1.165, 1.54) is 16.6 Å². The lowest BCUT2D eigenvalue weighted by molar-refractivity contribution is 0.838. The molecule has 0 aliphatic heterocycles.